The Morgan fingerprint density at radius 2 is 2.27 bits per heavy atom. The van der Waals surface area contributed by atoms with Crippen LogP contribution in [0.3, 0.4) is 0 Å². The van der Waals surface area contributed by atoms with E-state index < -0.39 is 0 Å². The van der Waals surface area contributed by atoms with Gasteiger partial charge in [0.15, 0.2) is 17.8 Å². The zero-order chi connectivity index (χ0) is 11.3. The standard InChI is InChI=1S/C10H11BrO4/c1-14-9-5-8(11)4-7(6-13)10(9)15-3-2-12/h4-6,12H,2-3H2,1H3. The van der Waals surface area contributed by atoms with Crippen LogP contribution in [0.4, 0.5) is 0 Å². The number of aldehydes is 1. The third-order valence-electron chi connectivity index (χ3n) is 1.73. The van der Waals surface area contributed by atoms with Gasteiger partial charge in [0.2, 0.25) is 0 Å². The second-order valence-corrected chi connectivity index (χ2v) is 3.63. The molecular weight excluding hydrogens is 264 g/mol. The molecule has 1 aromatic carbocycles. The number of hydrogen-bond acceptors (Lipinski definition) is 4. The third-order valence-corrected chi connectivity index (χ3v) is 2.19. The van der Waals surface area contributed by atoms with Crippen LogP contribution in [-0.2, 0) is 0 Å². The highest BCUT2D eigenvalue weighted by molar-refractivity contribution is 9.10. The summed E-state index contributed by atoms with van der Waals surface area (Å²) in [6, 6.07) is 3.32. The zero-order valence-electron chi connectivity index (χ0n) is 8.20. The fraction of sp³-hybridized carbons (Fsp3) is 0.300. The molecule has 15 heavy (non-hydrogen) atoms. The van der Waals surface area contributed by atoms with Crippen LogP contribution < -0.4 is 9.47 Å². The minimum Gasteiger partial charge on any atom is -0.493 e. The van der Waals surface area contributed by atoms with Gasteiger partial charge in [-0.3, -0.25) is 4.79 Å². The van der Waals surface area contributed by atoms with Crippen molar-refractivity contribution in [2.24, 2.45) is 0 Å². The lowest BCUT2D eigenvalue weighted by Gasteiger charge is -2.12. The van der Waals surface area contributed by atoms with Crippen molar-refractivity contribution in [3.63, 3.8) is 0 Å². The number of rotatable bonds is 5. The lowest BCUT2D eigenvalue weighted by atomic mass is 10.2. The molecule has 0 heterocycles. The number of aliphatic hydroxyl groups is 1. The van der Waals surface area contributed by atoms with Gasteiger partial charge in [-0.2, -0.15) is 0 Å². The van der Waals surface area contributed by atoms with E-state index in [1.807, 2.05) is 0 Å². The quantitative estimate of drug-likeness (QED) is 0.830. The first-order chi connectivity index (χ1) is 7.22. The van der Waals surface area contributed by atoms with Crippen LogP contribution in [0, 0.1) is 0 Å². The van der Waals surface area contributed by atoms with Gasteiger partial charge in [0.05, 0.1) is 19.3 Å². The maximum atomic E-state index is 10.8. The largest absolute Gasteiger partial charge is 0.493 e. The van der Waals surface area contributed by atoms with Crippen molar-refractivity contribution in [3.05, 3.63) is 22.2 Å². The molecule has 0 spiro atoms. The van der Waals surface area contributed by atoms with E-state index >= 15 is 0 Å². The minimum absolute atomic E-state index is 0.114. The predicted molar refractivity (Wildman–Crippen MR) is 58.7 cm³/mol. The number of carbonyl (C=O) groups is 1. The molecule has 0 unspecified atom stereocenters. The normalized spacial score (nSPS) is 9.80. The van der Waals surface area contributed by atoms with Gasteiger partial charge < -0.3 is 14.6 Å². The molecule has 5 heteroatoms. The molecule has 0 amide bonds. The minimum atomic E-state index is -0.114. The van der Waals surface area contributed by atoms with Crippen molar-refractivity contribution in [1.29, 1.82) is 0 Å². The van der Waals surface area contributed by atoms with Gasteiger partial charge in [-0.05, 0) is 12.1 Å². The van der Waals surface area contributed by atoms with Crippen LogP contribution in [0.2, 0.25) is 0 Å². The monoisotopic (exact) mass is 274 g/mol. The summed E-state index contributed by atoms with van der Waals surface area (Å²) in [5.74, 6) is 0.810. The fourth-order valence-electron chi connectivity index (χ4n) is 1.13. The van der Waals surface area contributed by atoms with Crippen molar-refractivity contribution in [2.45, 2.75) is 0 Å². The molecule has 0 aliphatic carbocycles. The summed E-state index contributed by atoms with van der Waals surface area (Å²) < 4.78 is 11.0. The Hall–Kier alpha value is -1.07. The van der Waals surface area contributed by atoms with E-state index in [0.29, 0.717) is 23.3 Å². The molecule has 1 aromatic rings. The van der Waals surface area contributed by atoms with E-state index in [4.69, 9.17) is 14.6 Å². The number of halogens is 1. The second kappa shape index (κ2) is 5.72. The Morgan fingerprint density at radius 3 is 2.80 bits per heavy atom. The van der Waals surface area contributed by atoms with E-state index in [0.717, 1.165) is 4.47 Å². The first kappa shape index (κ1) is 12.0. The number of carbonyl (C=O) groups excluding carboxylic acids is 1. The lowest BCUT2D eigenvalue weighted by Crippen LogP contribution is -2.05. The van der Waals surface area contributed by atoms with Crippen LogP contribution in [0.5, 0.6) is 11.5 Å². The van der Waals surface area contributed by atoms with Gasteiger partial charge in [-0.1, -0.05) is 15.9 Å². The smallest absolute Gasteiger partial charge is 0.171 e. The third kappa shape index (κ3) is 2.94. The van der Waals surface area contributed by atoms with Gasteiger partial charge in [0.25, 0.3) is 0 Å². The molecule has 0 aliphatic rings. The Bertz CT molecular complexity index is 352. The van der Waals surface area contributed by atoms with Gasteiger partial charge in [-0.15, -0.1) is 0 Å². The summed E-state index contributed by atoms with van der Waals surface area (Å²) in [7, 11) is 1.49. The number of hydrogen-bond donors (Lipinski definition) is 1. The van der Waals surface area contributed by atoms with Crippen molar-refractivity contribution in [3.8, 4) is 11.5 Å². The summed E-state index contributed by atoms with van der Waals surface area (Å²) in [4.78, 5) is 10.8. The van der Waals surface area contributed by atoms with Crippen molar-refractivity contribution in [2.75, 3.05) is 20.3 Å². The summed E-state index contributed by atoms with van der Waals surface area (Å²) >= 11 is 3.25. The van der Waals surface area contributed by atoms with Crippen LogP contribution in [-0.4, -0.2) is 31.7 Å². The van der Waals surface area contributed by atoms with E-state index in [-0.39, 0.29) is 13.2 Å². The molecule has 0 atom stereocenters. The SMILES string of the molecule is COc1cc(Br)cc(C=O)c1OCCO. The Balaban J connectivity index is 3.12. The highest BCUT2D eigenvalue weighted by Crippen LogP contribution is 2.33. The molecule has 0 saturated heterocycles. The molecule has 0 radical (unpaired) electrons. The Morgan fingerprint density at radius 1 is 1.53 bits per heavy atom. The average molecular weight is 275 g/mol. The van der Waals surface area contributed by atoms with E-state index in [9.17, 15) is 4.79 Å². The number of benzene rings is 1. The van der Waals surface area contributed by atoms with Crippen LogP contribution >= 0.6 is 15.9 Å². The molecule has 0 aromatic heterocycles. The van der Waals surface area contributed by atoms with Crippen LogP contribution in [0.1, 0.15) is 10.4 Å². The highest BCUT2D eigenvalue weighted by atomic mass is 79.9. The summed E-state index contributed by atoms with van der Waals surface area (Å²) in [5, 5.41) is 8.65. The Labute approximate surface area is 95.9 Å². The van der Waals surface area contributed by atoms with Crippen LogP contribution in [0.25, 0.3) is 0 Å². The summed E-state index contributed by atoms with van der Waals surface area (Å²) in [6.07, 6.45) is 0.681. The summed E-state index contributed by atoms with van der Waals surface area (Å²) in [5.41, 5.74) is 0.384. The molecule has 82 valence electrons. The van der Waals surface area contributed by atoms with Crippen molar-refractivity contribution < 1.29 is 19.4 Å². The highest BCUT2D eigenvalue weighted by Gasteiger charge is 2.11. The molecule has 4 nitrogen and oxygen atoms in total. The summed E-state index contributed by atoms with van der Waals surface area (Å²) in [6.45, 7) is 0.0103. The molecule has 1 rings (SSSR count). The zero-order valence-corrected chi connectivity index (χ0v) is 9.78. The van der Waals surface area contributed by atoms with Gasteiger partial charge in [0, 0.05) is 4.47 Å². The van der Waals surface area contributed by atoms with Gasteiger partial charge >= 0.3 is 0 Å². The maximum absolute atomic E-state index is 10.8. The van der Waals surface area contributed by atoms with E-state index in [2.05, 4.69) is 15.9 Å². The average Bonchev–Trinajstić information content (AvgIpc) is 2.26. The second-order valence-electron chi connectivity index (χ2n) is 2.72. The van der Waals surface area contributed by atoms with Crippen LogP contribution in [0.15, 0.2) is 16.6 Å². The van der Waals surface area contributed by atoms with Gasteiger partial charge in [0.1, 0.15) is 6.61 Å². The van der Waals surface area contributed by atoms with E-state index in [1.165, 1.54) is 7.11 Å². The molecule has 0 bridgehead atoms. The maximum Gasteiger partial charge on any atom is 0.171 e. The predicted octanol–water partition coefficient (Wildman–Crippen LogP) is 1.64. The number of aliphatic hydroxyl groups excluding tert-OH is 1. The topological polar surface area (TPSA) is 55.8 Å². The first-order valence-electron chi connectivity index (χ1n) is 4.29. The van der Waals surface area contributed by atoms with E-state index in [1.54, 1.807) is 12.1 Å². The Kier molecular flexibility index (Phi) is 4.58. The molecule has 0 fully saturated rings. The fourth-order valence-corrected chi connectivity index (χ4v) is 1.58. The molecular formula is C10H11BrO4. The number of methoxy groups -OCH3 is 1. The molecule has 0 aliphatic heterocycles. The first-order valence-corrected chi connectivity index (χ1v) is 5.08. The number of ether oxygens (including phenoxy) is 2. The van der Waals surface area contributed by atoms with Crippen molar-refractivity contribution >= 4 is 22.2 Å². The van der Waals surface area contributed by atoms with Gasteiger partial charge in [-0.25, -0.2) is 0 Å². The molecule has 1 N–H and O–H groups in total. The lowest BCUT2D eigenvalue weighted by molar-refractivity contribution is 0.111. The molecule has 0 saturated carbocycles. The van der Waals surface area contributed by atoms with Crippen molar-refractivity contribution in [1.82, 2.24) is 0 Å².